The van der Waals surface area contributed by atoms with E-state index in [1.165, 1.54) is 6.33 Å². The number of rotatable bonds is 7. The van der Waals surface area contributed by atoms with Gasteiger partial charge in [0.15, 0.2) is 0 Å². The Hall–Kier alpha value is -2.47. The summed E-state index contributed by atoms with van der Waals surface area (Å²) in [5, 5.41) is 6.04. The van der Waals surface area contributed by atoms with Crippen molar-refractivity contribution in [3.05, 3.63) is 47.4 Å². The summed E-state index contributed by atoms with van der Waals surface area (Å²) in [7, 11) is 1.67. The SMILES string of the molecule is COCCCNc1cc(C(=O)Nc2cccc(C)c2C)ncn1. The molecule has 1 amide bonds. The Morgan fingerprint density at radius 1 is 1.26 bits per heavy atom. The highest BCUT2D eigenvalue weighted by atomic mass is 16.5. The Kier molecular flexibility index (Phi) is 6.05. The minimum atomic E-state index is -0.249. The lowest BCUT2D eigenvalue weighted by Crippen LogP contribution is -2.16. The van der Waals surface area contributed by atoms with Gasteiger partial charge in [-0.1, -0.05) is 12.1 Å². The second-order valence-corrected chi connectivity index (χ2v) is 5.26. The molecule has 0 saturated carbocycles. The van der Waals surface area contributed by atoms with Gasteiger partial charge in [0, 0.05) is 32.0 Å². The molecule has 2 aromatic rings. The number of aryl methyl sites for hydroxylation is 1. The van der Waals surface area contributed by atoms with Crippen LogP contribution in [0.3, 0.4) is 0 Å². The van der Waals surface area contributed by atoms with Crippen LogP contribution in [0.2, 0.25) is 0 Å². The van der Waals surface area contributed by atoms with Crippen molar-refractivity contribution in [3.63, 3.8) is 0 Å². The van der Waals surface area contributed by atoms with Crippen molar-refractivity contribution < 1.29 is 9.53 Å². The van der Waals surface area contributed by atoms with Crippen molar-refractivity contribution in [2.75, 3.05) is 30.9 Å². The number of amides is 1. The quantitative estimate of drug-likeness (QED) is 0.769. The summed E-state index contributed by atoms with van der Waals surface area (Å²) in [4.78, 5) is 20.5. The van der Waals surface area contributed by atoms with E-state index in [0.29, 0.717) is 18.1 Å². The van der Waals surface area contributed by atoms with E-state index in [0.717, 1.165) is 29.8 Å². The maximum atomic E-state index is 12.4. The first-order chi connectivity index (χ1) is 11.1. The number of ether oxygens (including phenoxy) is 1. The number of benzene rings is 1. The predicted octanol–water partition coefficient (Wildman–Crippen LogP) is 2.79. The van der Waals surface area contributed by atoms with E-state index in [9.17, 15) is 4.79 Å². The molecular weight excluding hydrogens is 292 g/mol. The van der Waals surface area contributed by atoms with E-state index < -0.39 is 0 Å². The molecule has 1 heterocycles. The Labute approximate surface area is 136 Å². The fourth-order valence-corrected chi connectivity index (χ4v) is 2.08. The normalized spacial score (nSPS) is 10.4. The highest BCUT2D eigenvalue weighted by molar-refractivity contribution is 6.03. The highest BCUT2D eigenvalue weighted by Gasteiger charge is 2.11. The van der Waals surface area contributed by atoms with Gasteiger partial charge in [0.2, 0.25) is 0 Å². The molecule has 6 heteroatoms. The lowest BCUT2D eigenvalue weighted by molar-refractivity contribution is 0.102. The van der Waals surface area contributed by atoms with Gasteiger partial charge in [-0.15, -0.1) is 0 Å². The Bertz CT molecular complexity index is 673. The van der Waals surface area contributed by atoms with Crippen LogP contribution >= 0.6 is 0 Å². The minimum Gasteiger partial charge on any atom is -0.385 e. The summed E-state index contributed by atoms with van der Waals surface area (Å²) in [6.45, 7) is 5.40. The van der Waals surface area contributed by atoms with Gasteiger partial charge in [0.1, 0.15) is 17.8 Å². The third kappa shape index (κ3) is 4.75. The van der Waals surface area contributed by atoms with E-state index >= 15 is 0 Å². The lowest BCUT2D eigenvalue weighted by Gasteiger charge is -2.10. The van der Waals surface area contributed by atoms with Crippen LogP contribution in [-0.2, 0) is 4.74 Å². The first kappa shape index (κ1) is 16.9. The molecule has 0 aliphatic rings. The van der Waals surface area contributed by atoms with Crippen molar-refractivity contribution in [2.24, 2.45) is 0 Å². The molecule has 0 fully saturated rings. The van der Waals surface area contributed by atoms with Gasteiger partial charge in [-0.05, 0) is 37.5 Å². The molecule has 0 spiro atoms. The number of aromatic nitrogens is 2. The van der Waals surface area contributed by atoms with Crippen molar-refractivity contribution in [1.29, 1.82) is 0 Å². The smallest absolute Gasteiger partial charge is 0.274 e. The monoisotopic (exact) mass is 314 g/mol. The van der Waals surface area contributed by atoms with Gasteiger partial charge in [0.05, 0.1) is 0 Å². The maximum Gasteiger partial charge on any atom is 0.274 e. The largest absolute Gasteiger partial charge is 0.385 e. The average molecular weight is 314 g/mol. The van der Waals surface area contributed by atoms with Gasteiger partial charge in [-0.25, -0.2) is 9.97 Å². The molecule has 1 aromatic carbocycles. The average Bonchev–Trinajstić information content (AvgIpc) is 2.56. The predicted molar refractivity (Wildman–Crippen MR) is 90.9 cm³/mol. The number of anilines is 2. The molecule has 0 unspecified atom stereocenters. The van der Waals surface area contributed by atoms with E-state index in [2.05, 4.69) is 20.6 Å². The van der Waals surface area contributed by atoms with Crippen molar-refractivity contribution in [1.82, 2.24) is 9.97 Å². The molecule has 0 radical (unpaired) electrons. The van der Waals surface area contributed by atoms with E-state index in [-0.39, 0.29) is 5.91 Å². The molecule has 2 N–H and O–H groups in total. The van der Waals surface area contributed by atoms with Crippen LogP contribution in [0.5, 0.6) is 0 Å². The zero-order chi connectivity index (χ0) is 16.7. The molecule has 0 aliphatic carbocycles. The molecule has 0 bridgehead atoms. The summed E-state index contributed by atoms with van der Waals surface area (Å²) < 4.78 is 4.99. The standard InChI is InChI=1S/C17H22N4O2/c1-12-6-4-7-14(13(12)2)21-17(22)15-10-16(20-11-19-15)18-8-5-9-23-3/h4,6-7,10-11H,5,8-9H2,1-3H3,(H,21,22)(H,18,19,20). The number of hydrogen-bond acceptors (Lipinski definition) is 5. The summed E-state index contributed by atoms with van der Waals surface area (Å²) >= 11 is 0. The van der Waals surface area contributed by atoms with Crippen molar-refractivity contribution in [2.45, 2.75) is 20.3 Å². The number of carbonyl (C=O) groups is 1. The number of hydrogen-bond donors (Lipinski definition) is 2. The molecule has 1 aromatic heterocycles. The number of carbonyl (C=O) groups excluding carboxylic acids is 1. The van der Waals surface area contributed by atoms with Crippen LogP contribution in [0.15, 0.2) is 30.6 Å². The third-order valence-electron chi connectivity index (χ3n) is 3.58. The lowest BCUT2D eigenvalue weighted by atomic mass is 10.1. The van der Waals surface area contributed by atoms with Gasteiger partial charge >= 0.3 is 0 Å². The Morgan fingerprint density at radius 2 is 2.09 bits per heavy atom. The van der Waals surface area contributed by atoms with Crippen LogP contribution in [0.1, 0.15) is 28.0 Å². The molecule has 6 nitrogen and oxygen atoms in total. The first-order valence-corrected chi connectivity index (χ1v) is 7.54. The summed E-state index contributed by atoms with van der Waals surface area (Å²) in [5.74, 6) is 0.378. The fourth-order valence-electron chi connectivity index (χ4n) is 2.08. The minimum absolute atomic E-state index is 0.249. The third-order valence-corrected chi connectivity index (χ3v) is 3.58. The van der Waals surface area contributed by atoms with Gasteiger partial charge in [0.25, 0.3) is 5.91 Å². The first-order valence-electron chi connectivity index (χ1n) is 7.54. The Morgan fingerprint density at radius 3 is 2.87 bits per heavy atom. The summed E-state index contributed by atoms with van der Waals surface area (Å²) in [6.07, 6.45) is 2.25. The van der Waals surface area contributed by atoms with Gasteiger partial charge in [-0.2, -0.15) is 0 Å². The van der Waals surface area contributed by atoms with Crippen LogP contribution in [-0.4, -0.2) is 36.1 Å². The molecular formula is C17H22N4O2. The van der Waals surface area contributed by atoms with Crippen molar-refractivity contribution >= 4 is 17.4 Å². The molecule has 0 atom stereocenters. The number of methoxy groups -OCH3 is 1. The molecule has 122 valence electrons. The molecule has 0 aliphatic heterocycles. The Balaban J connectivity index is 2.03. The topological polar surface area (TPSA) is 76.1 Å². The highest BCUT2D eigenvalue weighted by Crippen LogP contribution is 2.18. The summed E-state index contributed by atoms with van der Waals surface area (Å²) in [5.41, 5.74) is 3.30. The van der Waals surface area contributed by atoms with Crippen LogP contribution in [0.25, 0.3) is 0 Å². The fraction of sp³-hybridized carbons (Fsp3) is 0.353. The zero-order valence-corrected chi connectivity index (χ0v) is 13.7. The zero-order valence-electron chi connectivity index (χ0n) is 13.7. The van der Waals surface area contributed by atoms with Crippen LogP contribution in [0.4, 0.5) is 11.5 Å². The van der Waals surface area contributed by atoms with Crippen LogP contribution < -0.4 is 10.6 Å². The number of nitrogens with one attached hydrogen (secondary N) is 2. The van der Waals surface area contributed by atoms with E-state index in [1.807, 2.05) is 32.0 Å². The molecule has 0 saturated heterocycles. The van der Waals surface area contributed by atoms with E-state index in [4.69, 9.17) is 4.74 Å². The molecule has 23 heavy (non-hydrogen) atoms. The maximum absolute atomic E-state index is 12.4. The second-order valence-electron chi connectivity index (χ2n) is 5.26. The number of nitrogens with zero attached hydrogens (tertiary/aromatic N) is 2. The summed E-state index contributed by atoms with van der Waals surface area (Å²) in [6, 6.07) is 7.46. The van der Waals surface area contributed by atoms with Crippen molar-refractivity contribution in [3.8, 4) is 0 Å². The van der Waals surface area contributed by atoms with Crippen LogP contribution in [0, 0.1) is 13.8 Å². The van der Waals surface area contributed by atoms with E-state index in [1.54, 1.807) is 13.2 Å². The second kappa shape index (κ2) is 8.24. The molecule has 2 rings (SSSR count). The van der Waals surface area contributed by atoms with Gasteiger partial charge < -0.3 is 15.4 Å². The van der Waals surface area contributed by atoms with Gasteiger partial charge in [-0.3, -0.25) is 4.79 Å².